The molecule has 0 radical (unpaired) electrons. The van der Waals surface area contributed by atoms with Gasteiger partial charge in [-0.15, -0.1) is 0 Å². The average molecular weight is 316 g/mol. The van der Waals surface area contributed by atoms with Crippen molar-refractivity contribution in [3.63, 3.8) is 0 Å². The second-order valence-corrected chi connectivity index (χ2v) is 6.72. The lowest BCUT2D eigenvalue weighted by Crippen LogP contribution is -2.35. The minimum Gasteiger partial charge on any atom is -0.171 e. The van der Waals surface area contributed by atoms with Gasteiger partial charge in [0.1, 0.15) is 0 Å². The van der Waals surface area contributed by atoms with Crippen molar-refractivity contribution in [2.75, 3.05) is 0 Å². The Kier molecular flexibility index (Phi) is 5.14. The summed E-state index contributed by atoms with van der Waals surface area (Å²) in [6.45, 7) is 0. The topological polar surface area (TPSA) is 0 Å². The maximum Gasteiger partial charge on any atom is 0.392 e. The standard InChI is InChI=1S/C15H22F6/c16-14(17,18)12-8-11(9-13(12)15(19,20)21)7-6-10-4-2-1-3-5-10/h10-13H,1-9H2. The normalized spacial score (nSPS) is 32.6. The number of alkyl halides is 6. The Morgan fingerprint density at radius 1 is 0.619 bits per heavy atom. The molecule has 0 aliphatic heterocycles. The highest BCUT2D eigenvalue weighted by molar-refractivity contribution is 4.91. The lowest BCUT2D eigenvalue weighted by molar-refractivity contribution is -0.245. The van der Waals surface area contributed by atoms with Gasteiger partial charge in [0.15, 0.2) is 0 Å². The molecule has 2 atom stereocenters. The molecule has 0 heterocycles. The third kappa shape index (κ3) is 4.52. The first kappa shape index (κ1) is 16.9. The van der Waals surface area contributed by atoms with E-state index in [0.717, 1.165) is 32.1 Å². The molecule has 2 unspecified atom stereocenters. The monoisotopic (exact) mass is 316 g/mol. The molecule has 2 rings (SSSR count). The van der Waals surface area contributed by atoms with Crippen LogP contribution < -0.4 is 0 Å². The molecule has 0 saturated heterocycles. The molecule has 2 aliphatic rings. The van der Waals surface area contributed by atoms with Crippen LogP contribution in [-0.2, 0) is 0 Å². The van der Waals surface area contributed by atoms with Gasteiger partial charge in [-0.25, -0.2) is 0 Å². The summed E-state index contributed by atoms with van der Waals surface area (Å²) in [5.74, 6) is -4.32. The molecule has 0 aromatic carbocycles. The van der Waals surface area contributed by atoms with Crippen LogP contribution in [0.4, 0.5) is 26.3 Å². The molecule has 0 aromatic heterocycles. The van der Waals surface area contributed by atoms with Crippen molar-refractivity contribution in [1.29, 1.82) is 0 Å². The molecule has 21 heavy (non-hydrogen) atoms. The summed E-state index contributed by atoms with van der Waals surface area (Å²) >= 11 is 0. The van der Waals surface area contributed by atoms with Crippen LogP contribution in [0, 0.1) is 23.7 Å². The summed E-state index contributed by atoms with van der Waals surface area (Å²) in [6.07, 6.45) is -3.20. The van der Waals surface area contributed by atoms with Crippen molar-refractivity contribution in [3.8, 4) is 0 Å². The van der Waals surface area contributed by atoms with Crippen LogP contribution in [0.15, 0.2) is 0 Å². The van der Waals surface area contributed by atoms with E-state index < -0.39 is 30.1 Å². The molecule has 0 spiro atoms. The minimum atomic E-state index is -4.74. The summed E-state index contributed by atoms with van der Waals surface area (Å²) in [5, 5.41) is 0. The van der Waals surface area contributed by atoms with E-state index >= 15 is 0 Å². The van der Waals surface area contributed by atoms with Crippen molar-refractivity contribution in [2.45, 2.75) is 70.1 Å². The largest absolute Gasteiger partial charge is 0.392 e. The Balaban J connectivity index is 1.90. The van der Waals surface area contributed by atoms with E-state index in [2.05, 4.69) is 0 Å². The first-order chi connectivity index (χ1) is 9.68. The minimum absolute atomic E-state index is 0.347. The number of halogens is 6. The SMILES string of the molecule is FC(F)(F)C1CC(CCC2CCCCC2)CC1C(F)(F)F. The molecule has 2 saturated carbocycles. The molecule has 0 bridgehead atoms. The Labute approximate surface area is 121 Å². The first-order valence-corrected chi connectivity index (χ1v) is 7.81. The van der Waals surface area contributed by atoms with Crippen LogP contribution >= 0.6 is 0 Å². The zero-order chi connectivity index (χ0) is 15.7. The fourth-order valence-electron chi connectivity index (χ4n) is 4.05. The molecule has 0 nitrogen and oxygen atoms in total. The van der Waals surface area contributed by atoms with Gasteiger partial charge in [0.25, 0.3) is 0 Å². The van der Waals surface area contributed by atoms with Crippen molar-refractivity contribution in [2.24, 2.45) is 23.7 Å². The van der Waals surface area contributed by atoms with Crippen molar-refractivity contribution in [1.82, 2.24) is 0 Å². The quantitative estimate of drug-likeness (QED) is 0.551. The molecule has 124 valence electrons. The van der Waals surface area contributed by atoms with Crippen LogP contribution in [-0.4, -0.2) is 12.4 Å². The van der Waals surface area contributed by atoms with Gasteiger partial charge >= 0.3 is 12.4 Å². The smallest absolute Gasteiger partial charge is 0.171 e. The summed E-state index contributed by atoms with van der Waals surface area (Å²) in [5.41, 5.74) is 0. The van der Waals surface area contributed by atoms with E-state index in [0.29, 0.717) is 12.3 Å². The van der Waals surface area contributed by atoms with E-state index in [4.69, 9.17) is 0 Å². The second-order valence-electron chi connectivity index (χ2n) is 6.72. The highest BCUT2D eigenvalue weighted by Gasteiger charge is 2.59. The molecule has 2 aliphatic carbocycles. The zero-order valence-corrected chi connectivity index (χ0v) is 11.9. The third-order valence-corrected chi connectivity index (χ3v) is 5.21. The van der Waals surface area contributed by atoms with E-state index in [-0.39, 0.29) is 12.8 Å². The van der Waals surface area contributed by atoms with E-state index in [9.17, 15) is 26.3 Å². The summed E-state index contributed by atoms with van der Waals surface area (Å²) < 4.78 is 76.9. The Morgan fingerprint density at radius 2 is 1.05 bits per heavy atom. The number of hydrogen-bond acceptors (Lipinski definition) is 0. The molecule has 0 N–H and O–H groups in total. The van der Waals surface area contributed by atoms with Gasteiger partial charge in [0, 0.05) is 0 Å². The maximum absolute atomic E-state index is 12.8. The van der Waals surface area contributed by atoms with Crippen LogP contribution in [0.2, 0.25) is 0 Å². The number of hydrogen-bond donors (Lipinski definition) is 0. The molecule has 2 fully saturated rings. The lowest BCUT2D eigenvalue weighted by Gasteiger charge is -2.24. The average Bonchev–Trinajstić information content (AvgIpc) is 2.82. The van der Waals surface area contributed by atoms with Crippen LogP contribution in [0.1, 0.15) is 57.8 Å². The van der Waals surface area contributed by atoms with Crippen LogP contribution in [0.25, 0.3) is 0 Å². The van der Waals surface area contributed by atoms with E-state index in [1.54, 1.807) is 0 Å². The zero-order valence-electron chi connectivity index (χ0n) is 11.9. The van der Waals surface area contributed by atoms with Gasteiger partial charge in [-0.3, -0.25) is 0 Å². The summed E-state index contributed by atoms with van der Waals surface area (Å²) in [7, 11) is 0. The van der Waals surface area contributed by atoms with Gasteiger partial charge in [0.2, 0.25) is 0 Å². The molecule has 0 aromatic rings. The predicted octanol–water partition coefficient (Wildman–Crippen LogP) is 6.11. The van der Waals surface area contributed by atoms with Crippen LogP contribution in [0.5, 0.6) is 0 Å². The van der Waals surface area contributed by atoms with Gasteiger partial charge in [-0.2, -0.15) is 26.3 Å². The second kappa shape index (κ2) is 6.37. The lowest BCUT2D eigenvalue weighted by atomic mass is 9.84. The Morgan fingerprint density at radius 3 is 1.48 bits per heavy atom. The Bertz CT molecular complexity index is 304. The fourth-order valence-corrected chi connectivity index (χ4v) is 4.05. The van der Waals surface area contributed by atoms with Gasteiger partial charge in [-0.1, -0.05) is 44.9 Å². The van der Waals surface area contributed by atoms with Crippen molar-refractivity contribution in [3.05, 3.63) is 0 Å². The van der Waals surface area contributed by atoms with Gasteiger partial charge < -0.3 is 0 Å². The summed E-state index contributed by atoms with van der Waals surface area (Å²) in [4.78, 5) is 0. The van der Waals surface area contributed by atoms with Gasteiger partial charge in [0.05, 0.1) is 11.8 Å². The van der Waals surface area contributed by atoms with Crippen molar-refractivity contribution < 1.29 is 26.3 Å². The molecular formula is C15H22F6. The van der Waals surface area contributed by atoms with E-state index in [1.165, 1.54) is 6.42 Å². The highest BCUT2D eigenvalue weighted by atomic mass is 19.4. The summed E-state index contributed by atoms with van der Waals surface area (Å²) in [6, 6.07) is 0. The van der Waals surface area contributed by atoms with Crippen molar-refractivity contribution >= 4 is 0 Å². The number of rotatable bonds is 3. The molecule has 6 heteroatoms. The Hall–Kier alpha value is -0.420. The third-order valence-electron chi connectivity index (χ3n) is 5.21. The fraction of sp³-hybridized carbons (Fsp3) is 1.00. The van der Waals surface area contributed by atoms with Crippen LogP contribution in [0.3, 0.4) is 0 Å². The van der Waals surface area contributed by atoms with E-state index in [1.807, 2.05) is 0 Å². The highest BCUT2D eigenvalue weighted by Crippen LogP contribution is 2.53. The predicted molar refractivity (Wildman–Crippen MR) is 67.6 cm³/mol. The maximum atomic E-state index is 12.8. The first-order valence-electron chi connectivity index (χ1n) is 7.81. The van der Waals surface area contributed by atoms with Gasteiger partial charge in [-0.05, 0) is 24.7 Å². The molecular weight excluding hydrogens is 294 g/mol. The molecule has 0 amide bonds.